The van der Waals surface area contributed by atoms with Gasteiger partial charge in [0, 0.05) is 10.7 Å². The molecule has 2 aliphatic rings. The number of rotatable bonds is 6. The Morgan fingerprint density at radius 3 is 2.50 bits per heavy atom. The van der Waals surface area contributed by atoms with Gasteiger partial charge in [-0.1, -0.05) is 35.3 Å². The van der Waals surface area contributed by atoms with Crippen molar-refractivity contribution in [3.8, 4) is 0 Å². The van der Waals surface area contributed by atoms with E-state index in [-0.39, 0.29) is 11.2 Å². The molecule has 3 heterocycles. The molecule has 32 heavy (non-hydrogen) atoms. The van der Waals surface area contributed by atoms with E-state index in [0.717, 1.165) is 61.7 Å². The van der Waals surface area contributed by atoms with Gasteiger partial charge in [-0.05, 0) is 87.9 Å². The van der Waals surface area contributed by atoms with E-state index >= 15 is 0 Å². The number of benzene rings is 1. The van der Waals surface area contributed by atoms with Crippen LogP contribution in [0, 0.1) is 18.7 Å². The summed E-state index contributed by atoms with van der Waals surface area (Å²) < 4.78 is 19.1. The number of likely N-dealkylation sites (tertiary alicyclic amines) is 1. The molecule has 0 atom stereocenters. The van der Waals surface area contributed by atoms with Crippen molar-refractivity contribution in [1.29, 1.82) is 0 Å². The van der Waals surface area contributed by atoms with Crippen molar-refractivity contribution in [2.45, 2.75) is 57.4 Å². The van der Waals surface area contributed by atoms with Gasteiger partial charge in [0.2, 0.25) is 5.89 Å². The highest BCUT2D eigenvalue weighted by Gasteiger charge is 2.44. The van der Waals surface area contributed by atoms with Crippen molar-refractivity contribution >= 4 is 11.6 Å². The van der Waals surface area contributed by atoms with E-state index in [9.17, 15) is 4.39 Å². The van der Waals surface area contributed by atoms with Gasteiger partial charge in [0.05, 0.1) is 17.7 Å². The van der Waals surface area contributed by atoms with Crippen LogP contribution < -0.4 is 0 Å². The van der Waals surface area contributed by atoms with Gasteiger partial charge in [0.1, 0.15) is 5.82 Å². The third-order valence-electron chi connectivity index (χ3n) is 7.14. The minimum Gasteiger partial charge on any atom is -0.338 e. The van der Waals surface area contributed by atoms with Crippen molar-refractivity contribution in [2.75, 3.05) is 13.1 Å². The molecule has 2 fully saturated rings. The SMILES string of the molecule is Cc1nc(CC2CCN(Cc3nc(C4(c5ccc(Cl)cc5)CCC4)no3)CC2)ccc1F. The maximum atomic E-state index is 13.5. The van der Waals surface area contributed by atoms with E-state index in [4.69, 9.17) is 21.1 Å². The normalized spacial score (nSPS) is 19.1. The lowest BCUT2D eigenvalue weighted by atomic mass is 9.64. The molecule has 5 rings (SSSR count). The Hall–Kier alpha value is -2.31. The zero-order valence-electron chi connectivity index (χ0n) is 18.4. The van der Waals surface area contributed by atoms with Gasteiger partial charge in [-0.2, -0.15) is 4.98 Å². The molecule has 0 unspecified atom stereocenters. The highest BCUT2D eigenvalue weighted by atomic mass is 35.5. The number of nitrogens with zero attached hydrogens (tertiary/aromatic N) is 4. The average molecular weight is 455 g/mol. The molecule has 0 spiro atoms. The minimum atomic E-state index is -0.234. The summed E-state index contributed by atoms with van der Waals surface area (Å²) in [6.45, 7) is 4.39. The molecule has 7 heteroatoms. The van der Waals surface area contributed by atoms with Crippen LogP contribution in [-0.4, -0.2) is 33.1 Å². The van der Waals surface area contributed by atoms with Crippen molar-refractivity contribution in [1.82, 2.24) is 20.0 Å². The monoisotopic (exact) mass is 454 g/mol. The Kier molecular flexibility index (Phi) is 5.99. The number of aryl methyl sites for hydroxylation is 1. The van der Waals surface area contributed by atoms with Crippen LogP contribution in [-0.2, 0) is 18.4 Å². The summed E-state index contributed by atoms with van der Waals surface area (Å²) >= 11 is 6.08. The van der Waals surface area contributed by atoms with Crippen LogP contribution in [0.1, 0.15) is 60.8 Å². The predicted octanol–water partition coefficient (Wildman–Crippen LogP) is 5.49. The molecule has 1 saturated carbocycles. The predicted molar refractivity (Wildman–Crippen MR) is 121 cm³/mol. The van der Waals surface area contributed by atoms with Crippen LogP contribution >= 0.6 is 11.6 Å². The van der Waals surface area contributed by atoms with Gasteiger partial charge in [0.25, 0.3) is 0 Å². The summed E-state index contributed by atoms with van der Waals surface area (Å²) in [5, 5.41) is 5.12. The number of piperidine rings is 1. The Labute approximate surface area is 193 Å². The molecule has 168 valence electrons. The minimum absolute atomic E-state index is 0.139. The van der Waals surface area contributed by atoms with Gasteiger partial charge < -0.3 is 4.52 Å². The first-order chi connectivity index (χ1) is 15.5. The molecular weight excluding hydrogens is 427 g/mol. The first kappa shape index (κ1) is 21.5. The second-order valence-corrected chi connectivity index (χ2v) is 9.68. The van der Waals surface area contributed by atoms with E-state index in [2.05, 4.69) is 27.2 Å². The second kappa shape index (κ2) is 8.91. The summed E-state index contributed by atoms with van der Waals surface area (Å²) in [5.74, 6) is 1.83. The van der Waals surface area contributed by atoms with Crippen LogP contribution in [0.4, 0.5) is 4.39 Å². The third-order valence-corrected chi connectivity index (χ3v) is 7.39. The van der Waals surface area contributed by atoms with E-state index < -0.39 is 0 Å². The molecule has 0 bridgehead atoms. The second-order valence-electron chi connectivity index (χ2n) is 9.25. The molecule has 1 saturated heterocycles. The molecule has 0 amide bonds. The lowest BCUT2D eigenvalue weighted by Gasteiger charge is -2.39. The molecule has 3 aromatic rings. The standard InChI is InChI=1S/C25H28ClFN4O/c1-17-22(27)8-7-21(28-17)15-18-9-13-31(14-10-18)16-23-29-24(30-32-23)25(11-2-12-25)19-3-5-20(26)6-4-19/h3-8,18H,2,9-16H2,1H3. The van der Waals surface area contributed by atoms with Crippen molar-refractivity contribution in [2.24, 2.45) is 5.92 Å². The zero-order valence-corrected chi connectivity index (χ0v) is 19.1. The van der Waals surface area contributed by atoms with Gasteiger partial charge >= 0.3 is 0 Å². The smallest absolute Gasteiger partial charge is 0.240 e. The fraction of sp³-hybridized carbons (Fsp3) is 0.480. The van der Waals surface area contributed by atoms with E-state index in [0.29, 0.717) is 24.0 Å². The Morgan fingerprint density at radius 1 is 1.09 bits per heavy atom. The maximum Gasteiger partial charge on any atom is 0.240 e. The van der Waals surface area contributed by atoms with Crippen LogP contribution in [0.3, 0.4) is 0 Å². The largest absolute Gasteiger partial charge is 0.338 e. The molecule has 2 aromatic heterocycles. The fourth-order valence-electron chi connectivity index (χ4n) is 5.00. The molecule has 0 radical (unpaired) electrons. The molecule has 1 aromatic carbocycles. The van der Waals surface area contributed by atoms with Crippen LogP contribution in [0.2, 0.25) is 5.02 Å². The third kappa shape index (κ3) is 4.30. The maximum absolute atomic E-state index is 13.5. The number of hydrogen-bond acceptors (Lipinski definition) is 5. The number of pyridine rings is 1. The Bertz CT molecular complexity index is 1070. The summed E-state index contributed by atoms with van der Waals surface area (Å²) in [6, 6.07) is 11.4. The number of halogens is 2. The van der Waals surface area contributed by atoms with Gasteiger partial charge in [-0.15, -0.1) is 0 Å². The number of hydrogen-bond donors (Lipinski definition) is 0. The van der Waals surface area contributed by atoms with Crippen LogP contribution in [0.25, 0.3) is 0 Å². The van der Waals surface area contributed by atoms with Gasteiger partial charge in [0.15, 0.2) is 5.82 Å². The first-order valence-corrected chi connectivity index (χ1v) is 11.8. The van der Waals surface area contributed by atoms with Gasteiger partial charge in [-0.3, -0.25) is 9.88 Å². The first-order valence-electron chi connectivity index (χ1n) is 11.5. The van der Waals surface area contributed by atoms with Gasteiger partial charge in [-0.25, -0.2) is 4.39 Å². The molecule has 0 N–H and O–H groups in total. The Morgan fingerprint density at radius 2 is 1.84 bits per heavy atom. The quantitative estimate of drug-likeness (QED) is 0.493. The van der Waals surface area contributed by atoms with E-state index in [1.165, 1.54) is 18.1 Å². The summed E-state index contributed by atoms with van der Waals surface area (Å²) in [5.41, 5.74) is 2.54. The summed E-state index contributed by atoms with van der Waals surface area (Å²) in [4.78, 5) is 11.6. The molecule has 5 nitrogen and oxygen atoms in total. The van der Waals surface area contributed by atoms with Crippen LogP contribution in [0.5, 0.6) is 0 Å². The van der Waals surface area contributed by atoms with E-state index in [1.807, 2.05) is 18.2 Å². The van der Waals surface area contributed by atoms with Crippen molar-refractivity contribution in [3.63, 3.8) is 0 Å². The lowest BCUT2D eigenvalue weighted by Crippen LogP contribution is -2.37. The summed E-state index contributed by atoms with van der Waals surface area (Å²) in [6.07, 6.45) is 6.33. The molecular formula is C25H28ClFN4O. The fourth-order valence-corrected chi connectivity index (χ4v) is 5.13. The lowest BCUT2D eigenvalue weighted by molar-refractivity contribution is 0.158. The highest BCUT2D eigenvalue weighted by molar-refractivity contribution is 6.30. The molecule has 1 aliphatic carbocycles. The Balaban J connectivity index is 1.18. The highest BCUT2D eigenvalue weighted by Crippen LogP contribution is 2.48. The van der Waals surface area contributed by atoms with Crippen LogP contribution in [0.15, 0.2) is 40.9 Å². The van der Waals surface area contributed by atoms with E-state index in [1.54, 1.807) is 6.92 Å². The molecule has 1 aliphatic heterocycles. The summed E-state index contributed by atoms with van der Waals surface area (Å²) in [7, 11) is 0. The average Bonchev–Trinajstić information content (AvgIpc) is 3.21. The zero-order chi connectivity index (χ0) is 22.1. The topological polar surface area (TPSA) is 55.1 Å². The van der Waals surface area contributed by atoms with Crippen molar-refractivity contribution < 1.29 is 8.91 Å². The number of aromatic nitrogens is 3. The van der Waals surface area contributed by atoms with Crippen molar-refractivity contribution in [3.05, 3.63) is 75.9 Å².